The first kappa shape index (κ1) is 29.6. The first-order valence-electron chi connectivity index (χ1n) is 15.3. The molecule has 0 radical (unpaired) electrons. The SMILES string of the molecule is CCOC(=O)[C@H](Cc1ccc(O)cc1)NC(=O)CON=C1C=C2CC[C@@H]3[C@@H](CC[C@]4(C)[C@@H]3CC[C@]4(C)O)[C@]2(C)CC1. The van der Waals surface area contributed by atoms with Crippen LogP contribution in [0.3, 0.4) is 0 Å². The van der Waals surface area contributed by atoms with Gasteiger partial charge in [-0.15, -0.1) is 0 Å². The molecule has 3 N–H and O–H groups in total. The van der Waals surface area contributed by atoms with Gasteiger partial charge in [0.2, 0.25) is 0 Å². The van der Waals surface area contributed by atoms with Crippen LogP contribution >= 0.6 is 0 Å². The van der Waals surface area contributed by atoms with Gasteiger partial charge >= 0.3 is 5.97 Å². The van der Waals surface area contributed by atoms with Crippen molar-refractivity contribution in [2.45, 2.75) is 97.1 Å². The van der Waals surface area contributed by atoms with Gasteiger partial charge in [0.15, 0.2) is 6.61 Å². The van der Waals surface area contributed by atoms with Crippen molar-refractivity contribution < 1.29 is 29.4 Å². The third kappa shape index (κ3) is 5.64. The molecule has 1 aromatic rings. The smallest absolute Gasteiger partial charge is 0.328 e. The molecule has 224 valence electrons. The van der Waals surface area contributed by atoms with E-state index >= 15 is 0 Å². The molecule has 0 bridgehead atoms. The zero-order valence-corrected chi connectivity index (χ0v) is 24.9. The van der Waals surface area contributed by atoms with E-state index in [1.165, 1.54) is 5.57 Å². The number of phenolic OH excluding ortho intramolecular Hbond substituents is 1. The lowest BCUT2D eigenvalue weighted by molar-refractivity contribution is -0.147. The van der Waals surface area contributed by atoms with E-state index in [1.807, 2.05) is 0 Å². The lowest BCUT2D eigenvalue weighted by atomic mass is 9.46. The van der Waals surface area contributed by atoms with Gasteiger partial charge in [-0.25, -0.2) is 4.79 Å². The van der Waals surface area contributed by atoms with E-state index in [-0.39, 0.29) is 36.2 Å². The Morgan fingerprint density at radius 3 is 2.51 bits per heavy atom. The number of hydrogen-bond donors (Lipinski definition) is 3. The summed E-state index contributed by atoms with van der Waals surface area (Å²) in [6, 6.07) is 5.63. The zero-order valence-electron chi connectivity index (χ0n) is 24.9. The molecule has 41 heavy (non-hydrogen) atoms. The highest BCUT2D eigenvalue weighted by molar-refractivity contribution is 5.96. The van der Waals surface area contributed by atoms with Gasteiger partial charge in [-0.05, 0) is 118 Å². The molecule has 8 nitrogen and oxygen atoms in total. The van der Waals surface area contributed by atoms with Crippen LogP contribution in [0.15, 0.2) is 41.1 Å². The summed E-state index contributed by atoms with van der Waals surface area (Å²) < 4.78 is 5.15. The summed E-state index contributed by atoms with van der Waals surface area (Å²) in [7, 11) is 0. The molecule has 0 heterocycles. The molecule has 8 heteroatoms. The Hall–Kier alpha value is -2.87. The summed E-state index contributed by atoms with van der Waals surface area (Å²) in [5.41, 5.74) is 2.71. The number of ether oxygens (including phenoxy) is 1. The number of benzene rings is 1. The van der Waals surface area contributed by atoms with Crippen LogP contribution in [0.1, 0.15) is 84.6 Å². The molecule has 0 unspecified atom stereocenters. The Morgan fingerprint density at radius 2 is 1.78 bits per heavy atom. The highest BCUT2D eigenvalue weighted by Gasteiger charge is 2.62. The number of phenols is 1. The number of carbonyl (C=O) groups is 2. The topological polar surface area (TPSA) is 117 Å². The number of amides is 1. The largest absolute Gasteiger partial charge is 0.508 e. The molecule has 4 aliphatic rings. The molecule has 1 aromatic carbocycles. The molecule has 0 aromatic heterocycles. The summed E-state index contributed by atoms with van der Waals surface area (Å²) in [6.07, 6.45) is 10.8. The van der Waals surface area contributed by atoms with Crippen LogP contribution in [0.4, 0.5) is 0 Å². The molecule has 1 amide bonds. The summed E-state index contributed by atoms with van der Waals surface area (Å²) in [6.45, 7) is 8.45. The average molecular weight is 567 g/mol. The van der Waals surface area contributed by atoms with Crippen LogP contribution in [-0.2, 0) is 25.6 Å². The monoisotopic (exact) mass is 566 g/mol. The number of nitrogens with one attached hydrogen (secondary N) is 1. The Kier molecular flexibility index (Phi) is 8.25. The molecule has 7 atom stereocenters. The minimum atomic E-state index is -0.864. The number of nitrogens with zero attached hydrogens (tertiary/aromatic N) is 1. The maximum absolute atomic E-state index is 12.7. The van der Waals surface area contributed by atoms with Gasteiger partial charge in [0, 0.05) is 6.42 Å². The van der Waals surface area contributed by atoms with Crippen LogP contribution in [0.25, 0.3) is 0 Å². The lowest BCUT2D eigenvalue weighted by Gasteiger charge is -2.59. The molecular weight excluding hydrogens is 520 g/mol. The van der Waals surface area contributed by atoms with Gasteiger partial charge in [0.1, 0.15) is 11.8 Å². The van der Waals surface area contributed by atoms with Crippen LogP contribution in [0, 0.1) is 28.6 Å². The third-order valence-corrected chi connectivity index (χ3v) is 11.2. The molecule has 5 rings (SSSR count). The second-order valence-electron chi connectivity index (χ2n) is 13.4. The van der Waals surface area contributed by atoms with E-state index in [9.17, 15) is 19.8 Å². The van der Waals surface area contributed by atoms with Crippen molar-refractivity contribution in [1.29, 1.82) is 0 Å². The van der Waals surface area contributed by atoms with E-state index in [4.69, 9.17) is 9.57 Å². The highest BCUT2D eigenvalue weighted by Crippen LogP contribution is 2.67. The van der Waals surface area contributed by atoms with E-state index in [1.54, 1.807) is 31.2 Å². The first-order chi connectivity index (χ1) is 19.5. The number of oxime groups is 1. The minimum absolute atomic E-state index is 0.0256. The van der Waals surface area contributed by atoms with E-state index in [0.717, 1.165) is 62.6 Å². The first-order valence-corrected chi connectivity index (χ1v) is 15.3. The van der Waals surface area contributed by atoms with Crippen LogP contribution in [-0.4, -0.2) is 52.7 Å². The van der Waals surface area contributed by atoms with Gasteiger partial charge in [0.05, 0.1) is 17.9 Å². The van der Waals surface area contributed by atoms with Crippen molar-refractivity contribution in [2.24, 2.45) is 33.7 Å². The Morgan fingerprint density at radius 1 is 1.05 bits per heavy atom. The maximum Gasteiger partial charge on any atom is 0.328 e. The second-order valence-corrected chi connectivity index (χ2v) is 13.4. The van der Waals surface area contributed by atoms with Crippen molar-refractivity contribution in [3.63, 3.8) is 0 Å². The van der Waals surface area contributed by atoms with Crippen molar-refractivity contribution in [3.8, 4) is 5.75 Å². The molecule has 0 spiro atoms. The van der Waals surface area contributed by atoms with Gasteiger partial charge in [-0.2, -0.15) is 0 Å². The Bertz CT molecular complexity index is 1210. The molecule has 0 aliphatic heterocycles. The Balaban J connectivity index is 1.19. The van der Waals surface area contributed by atoms with Crippen LogP contribution < -0.4 is 5.32 Å². The average Bonchev–Trinajstić information content (AvgIpc) is 3.18. The number of esters is 1. The third-order valence-electron chi connectivity index (χ3n) is 11.2. The number of aliphatic hydroxyl groups is 1. The molecule has 4 aliphatic carbocycles. The quantitative estimate of drug-likeness (QED) is 0.299. The van der Waals surface area contributed by atoms with Crippen molar-refractivity contribution >= 4 is 17.6 Å². The Labute approximate surface area is 243 Å². The predicted molar refractivity (Wildman–Crippen MR) is 156 cm³/mol. The van der Waals surface area contributed by atoms with E-state index in [0.29, 0.717) is 17.8 Å². The van der Waals surface area contributed by atoms with Gasteiger partial charge in [-0.3, -0.25) is 4.79 Å². The zero-order chi connectivity index (χ0) is 29.4. The normalized spacial score (nSPS) is 35.9. The van der Waals surface area contributed by atoms with Crippen LogP contribution in [0.2, 0.25) is 0 Å². The second kappa shape index (κ2) is 11.4. The number of hydrogen-bond acceptors (Lipinski definition) is 7. The molecule has 3 saturated carbocycles. The van der Waals surface area contributed by atoms with Crippen molar-refractivity contribution in [3.05, 3.63) is 41.5 Å². The van der Waals surface area contributed by atoms with Gasteiger partial charge < -0.3 is 25.1 Å². The summed E-state index contributed by atoms with van der Waals surface area (Å²) >= 11 is 0. The van der Waals surface area contributed by atoms with Crippen LogP contribution in [0.5, 0.6) is 5.75 Å². The van der Waals surface area contributed by atoms with Gasteiger partial charge in [-0.1, -0.05) is 36.7 Å². The maximum atomic E-state index is 12.7. The fraction of sp³-hybridized carbons (Fsp3) is 0.667. The summed E-state index contributed by atoms with van der Waals surface area (Å²) in [5, 5.41) is 27.7. The molecular formula is C33H46N2O6. The molecule has 0 saturated heterocycles. The summed E-state index contributed by atoms with van der Waals surface area (Å²) in [4.78, 5) is 30.6. The fourth-order valence-corrected chi connectivity index (χ4v) is 8.60. The predicted octanol–water partition coefficient (Wildman–Crippen LogP) is 5.07. The fourth-order valence-electron chi connectivity index (χ4n) is 8.60. The lowest BCUT2D eigenvalue weighted by Crippen LogP contribution is -2.53. The number of carbonyl (C=O) groups excluding carboxylic acids is 2. The number of fused-ring (bicyclic) bond motifs is 5. The molecule has 3 fully saturated rings. The number of aromatic hydroxyl groups is 1. The number of rotatable bonds is 8. The minimum Gasteiger partial charge on any atom is -0.508 e. The number of allylic oxidation sites excluding steroid dienone is 2. The van der Waals surface area contributed by atoms with E-state index in [2.05, 4.69) is 37.3 Å². The summed E-state index contributed by atoms with van der Waals surface area (Å²) in [5.74, 6) is 1.07. The highest BCUT2D eigenvalue weighted by atomic mass is 16.6. The standard InChI is InChI=1S/C33H46N2O6/c1-5-40-30(38)28(18-21-6-9-24(36)10-7-21)34-29(37)20-41-35-23-12-15-31(2)22(19-23)8-11-25-26(31)13-16-32(3)27(25)14-17-33(32,4)39/h6-7,9-10,19,25-28,36,39H,5,8,11-18,20H2,1-4H3,(H,34,37)/t25-,26-,27-,28+,31-,32-,33+/m1/s1. The van der Waals surface area contributed by atoms with E-state index < -0.39 is 23.5 Å². The van der Waals surface area contributed by atoms with Gasteiger partial charge in [0.25, 0.3) is 5.91 Å². The van der Waals surface area contributed by atoms with Crippen molar-refractivity contribution in [1.82, 2.24) is 5.32 Å². The van der Waals surface area contributed by atoms with Crippen molar-refractivity contribution in [2.75, 3.05) is 13.2 Å².